The first kappa shape index (κ1) is 21.2. The molecule has 0 aliphatic rings. The Hall–Kier alpha value is -1.10. The van der Waals surface area contributed by atoms with Crippen LogP contribution in [0.25, 0.3) is 11.3 Å². The molecular weight excluding hydrogens is 473 g/mol. The Labute approximate surface area is 170 Å². The van der Waals surface area contributed by atoms with Gasteiger partial charge in [0.05, 0.1) is 20.4 Å². The molecule has 2 aromatic rings. The van der Waals surface area contributed by atoms with Gasteiger partial charge >= 0.3 is 5.97 Å². The number of hydrogen-bond donors (Lipinski definition) is 2. The highest BCUT2D eigenvalue weighted by Crippen LogP contribution is 2.50. The van der Waals surface area contributed by atoms with Crippen molar-refractivity contribution in [2.45, 2.75) is 18.2 Å². The predicted octanol–water partition coefficient (Wildman–Crippen LogP) is 4.09. The number of nitrogens with one attached hydrogen (secondary N) is 1. The number of aromatic hydroxyl groups is 1. The van der Waals surface area contributed by atoms with Gasteiger partial charge in [0, 0.05) is 24.7 Å². The highest BCUT2D eigenvalue weighted by atomic mass is 79.9. The standard InChI is InChI=1S/C15H14BrCl2NO6S/c1-7(20)24-15-12(21)14(11-9(17)3-2-4-10(11)18)25-13(15)8(16)5-6-19-26(22)23/h2-4,8,19,21H,5-6H2,1H3,(H,22,23)/p-1. The van der Waals surface area contributed by atoms with Gasteiger partial charge in [0.15, 0.2) is 11.5 Å². The number of esters is 1. The topological polar surface area (TPSA) is 112 Å². The third-order valence-electron chi connectivity index (χ3n) is 3.20. The van der Waals surface area contributed by atoms with Gasteiger partial charge in [-0.2, -0.15) is 0 Å². The lowest BCUT2D eigenvalue weighted by Gasteiger charge is -2.11. The largest absolute Gasteiger partial charge is 0.760 e. The molecule has 1 aromatic carbocycles. The molecule has 2 N–H and O–H groups in total. The van der Waals surface area contributed by atoms with Crippen molar-refractivity contribution < 1.29 is 27.8 Å². The summed E-state index contributed by atoms with van der Waals surface area (Å²) in [5.74, 6) is -1.25. The number of carbonyl (C=O) groups is 1. The van der Waals surface area contributed by atoms with Gasteiger partial charge < -0.3 is 18.8 Å². The number of alkyl halides is 1. The van der Waals surface area contributed by atoms with Crippen molar-refractivity contribution in [3.8, 4) is 22.8 Å². The molecule has 0 bridgehead atoms. The maximum Gasteiger partial charge on any atom is 0.308 e. The minimum Gasteiger partial charge on any atom is -0.760 e. The van der Waals surface area contributed by atoms with Gasteiger partial charge in [0.2, 0.25) is 11.5 Å². The first-order valence-electron chi connectivity index (χ1n) is 7.17. The van der Waals surface area contributed by atoms with Crippen LogP contribution in [0.2, 0.25) is 10.0 Å². The zero-order valence-corrected chi connectivity index (χ0v) is 17.2. The van der Waals surface area contributed by atoms with Crippen LogP contribution in [0.5, 0.6) is 11.5 Å². The fourth-order valence-electron chi connectivity index (χ4n) is 2.16. The van der Waals surface area contributed by atoms with E-state index in [0.29, 0.717) is 0 Å². The Kier molecular flexibility index (Phi) is 7.51. The second-order valence-electron chi connectivity index (χ2n) is 5.05. The van der Waals surface area contributed by atoms with E-state index in [0.717, 1.165) is 0 Å². The molecule has 0 saturated heterocycles. The molecule has 0 radical (unpaired) electrons. The second-order valence-corrected chi connectivity index (χ2v) is 7.73. The summed E-state index contributed by atoms with van der Waals surface area (Å²) in [5.41, 5.74) is 0.242. The van der Waals surface area contributed by atoms with Crippen LogP contribution in [-0.4, -0.2) is 26.4 Å². The van der Waals surface area contributed by atoms with E-state index in [9.17, 15) is 18.7 Å². The number of ether oxygens (including phenoxy) is 1. The molecule has 0 aliphatic heterocycles. The molecule has 1 aromatic heterocycles. The van der Waals surface area contributed by atoms with E-state index in [1.807, 2.05) is 0 Å². The van der Waals surface area contributed by atoms with Crippen molar-refractivity contribution in [1.82, 2.24) is 4.72 Å². The molecule has 1 heterocycles. The van der Waals surface area contributed by atoms with Crippen molar-refractivity contribution in [2.75, 3.05) is 6.54 Å². The molecule has 0 fully saturated rings. The number of hydrogen-bond acceptors (Lipinski definition) is 6. The summed E-state index contributed by atoms with van der Waals surface area (Å²) >= 11 is 13.2. The maximum absolute atomic E-state index is 11.4. The summed E-state index contributed by atoms with van der Waals surface area (Å²) in [7, 11) is 0. The molecule has 0 saturated carbocycles. The molecule has 2 atom stereocenters. The number of benzene rings is 1. The number of rotatable bonds is 7. The van der Waals surface area contributed by atoms with E-state index in [-0.39, 0.29) is 45.8 Å². The normalized spacial score (nSPS) is 13.4. The lowest BCUT2D eigenvalue weighted by molar-refractivity contribution is -0.132. The maximum atomic E-state index is 11.4. The quantitative estimate of drug-likeness (QED) is 0.347. The van der Waals surface area contributed by atoms with E-state index in [1.54, 1.807) is 18.2 Å². The summed E-state index contributed by atoms with van der Waals surface area (Å²) < 4.78 is 34.1. The predicted molar refractivity (Wildman–Crippen MR) is 100 cm³/mol. The number of furan rings is 1. The zero-order chi connectivity index (χ0) is 19.4. The minimum atomic E-state index is -2.41. The van der Waals surface area contributed by atoms with Gasteiger partial charge in [0.1, 0.15) is 0 Å². The van der Waals surface area contributed by atoms with Gasteiger partial charge in [-0.05, 0) is 18.6 Å². The molecule has 11 heteroatoms. The molecule has 26 heavy (non-hydrogen) atoms. The minimum absolute atomic E-state index is 0.0586. The number of carbonyl (C=O) groups excluding carboxylic acids is 1. The summed E-state index contributed by atoms with van der Waals surface area (Å²) in [6, 6.07) is 4.76. The van der Waals surface area contributed by atoms with Crippen LogP contribution < -0.4 is 9.46 Å². The van der Waals surface area contributed by atoms with Gasteiger partial charge in [-0.3, -0.25) is 9.00 Å². The van der Waals surface area contributed by atoms with Crippen LogP contribution >= 0.6 is 39.1 Å². The van der Waals surface area contributed by atoms with Crippen LogP contribution in [0.15, 0.2) is 22.6 Å². The summed E-state index contributed by atoms with van der Waals surface area (Å²) in [4.78, 5) is 10.8. The smallest absolute Gasteiger partial charge is 0.308 e. The highest BCUT2D eigenvalue weighted by molar-refractivity contribution is 9.09. The number of halogens is 3. The summed E-state index contributed by atoms with van der Waals surface area (Å²) in [5, 5.41) is 11.0. The first-order valence-corrected chi connectivity index (χ1v) is 9.92. The fourth-order valence-corrected chi connectivity index (χ4v) is 3.54. The van der Waals surface area contributed by atoms with Crippen molar-refractivity contribution in [2.24, 2.45) is 0 Å². The average molecular weight is 486 g/mol. The Bertz CT molecular complexity index is 824. The van der Waals surface area contributed by atoms with Gasteiger partial charge in [0.25, 0.3) is 0 Å². The van der Waals surface area contributed by atoms with Crippen LogP contribution in [0.3, 0.4) is 0 Å². The Balaban J connectivity index is 2.47. The lowest BCUT2D eigenvalue weighted by Crippen LogP contribution is -2.18. The third kappa shape index (κ3) is 4.99. The van der Waals surface area contributed by atoms with Crippen molar-refractivity contribution in [3.63, 3.8) is 0 Å². The van der Waals surface area contributed by atoms with Crippen LogP contribution in [-0.2, 0) is 16.1 Å². The molecule has 2 unspecified atom stereocenters. The Morgan fingerprint density at radius 3 is 2.62 bits per heavy atom. The van der Waals surface area contributed by atoms with Crippen LogP contribution in [0, 0.1) is 0 Å². The summed E-state index contributed by atoms with van der Waals surface area (Å²) in [6.45, 7) is 1.26. The van der Waals surface area contributed by atoms with E-state index in [1.165, 1.54) is 6.92 Å². The van der Waals surface area contributed by atoms with E-state index < -0.39 is 27.8 Å². The van der Waals surface area contributed by atoms with Gasteiger partial charge in [-0.25, -0.2) is 4.72 Å². The summed E-state index contributed by atoms with van der Waals surface area (Å²) in [6.07, 6.45) is 0.255. The molecule has 2 rings (SSSR count). The average Bonchev–Trinajstić information content (AvgIpc) is 2.84. The van der Waals surface area contributed by atoms with Gasteiger partial charge in [-0.15, -0.1) is 0 Å². The lowest BCUT2D eigenvalue weighted by atomic mass is 10.1. The van der Waals surface area contributed by atoms with E-state index >= 15 is 0 Å². The first-order chi connectivity index (χ1) is 12.2. The second kappa shape index (κ2) is 9.20. The highest BCUT2D eigenvalue weighted by Gasteiger charge is 2.30. The third-order valence-corrected chi connectivity index (χ3v) is 5.15. The molecule has 0 aliphatic carbocycles. The van der Waals surface area contributed by atoms with Gasteiger partial charge in [-0.1, -0.05) is 45.2 Å². The van der Waals surface area contributed by atoms with Crippen LogP contribution in [0.1, 0.15) is 23.9 Å². The van der Waals surface area contributed by atoms with Crippen LogP contribution in [0.4, 0.5) is 0 Å². The van der Waals surface area contributed by atoms with E-state index in [2.05, 4.69) is 20.7 Å². The van der Waals surface area contributed by atoms with Crippen molar-refractivity contribution in [3.05, 3.63) is 34.0 Å². The molecule has 0 amide bonds. The molecule has 0 spiro atoms. The van der Waals surface area contributed by atoms with Crippen molar-refractivity contribution >= 4 is 56.4 Å². The Morgan fingerprint density at radius 2 is 2.08 bits per heavy atom. The van der Waals surface area contributed by atoms with Crippen molar-refractivity contribution in [1.29, 1.82) is 0 Å². The molecule has 142 valence electrons. The zero-order valence-electron chi connectivity index (χ0n) is 13.3. The Morgan fingerprint density at radius 1 is 1.46 bits per heavy atom. The molecular formula is C15H13BrCl2NO6S-. The van der Waals surface area contributed by atoms with E-state index in [4.69, 9.17) is 32.4 Å². The SMILES string of the molecule is CC(=O)Oc1c(C(Br)CCNS(=O)[O-])oc(-c2c(Cl)cccc2Cl)c1O. The molecule has 7 nitrogen and oxygen atoms in total. The fraction of sp³-hybridized carbons (Fsp3) is 0.267. The monoisotopic (exact) mass is 484 g/mol.